The molecule has 0 radical (unpaired) electrons. The number of ether oxygens (including phenoxy) is 1. The quantitative estimate of drug-likeness (QED) is 0.852. The van der Waals surface area contributed by atoms with Crippen LogP contribution in [0.3, 0.4) is 0 Å². The average Bonchev–Trinajstić information content (AvgIpc) is 2.72. The van der Waals surface area contributed by atoms with Crippen LogP contribution < -0.4 is 4.74 Å². The van der Waals surface area contributed by atoms with Gasteiger partial charge in [0.1, 0.15) is 5.75 Å². The maximum absolute atomic E-state index is 11.0. The fourth-order valence-electron chi connectivity index (χ4n) is 2.44. The standard InChI is InChI=1S/C14H17NO3.CH4S/c1-4-15-9(2)11(8-14(16)17)12-7-10(18-3)5-6-13(12)15;1-2/h5-7H,4,8H2,1-3H3,(H,16,17);2H,1H3. The van der Waals surface area contributed by atoms with Crippen LogP contribution in [0.1, 0.15) is 18.2 Å². The monoisotopic (exact) mass is 295 g/mol. The van der Waals surface area contributed by atoms with E-state index in [9.17, 15) is 4.79 Å². The molecule has 0 bridgehead atoms. The first-order valence-electron chi connectivity index (χ1n) is 6.40. The summed E-state index contributed by atoms with van der Waals surface area (Å²) in [5.41, 5.74) is 2.95. The number of aryl methyl sites for hydroxylation is 1. The van der Waals surface area contributed by atoms with Crippen molar-refractivity contribution >= 4 is 29.5 Å². The van der Waals surface area contributed by atoms with E-state index < -0.39 is 5.97 Å². The summed E-state index contributed by atoms with van der Waals surface area (Å²) in [6, 6.07) is 5.79. The van der Waals surface area contributed by atoms with Crippen LogP contribution in [0.5, 0.6) is 5.75 Å². The second kappa shape index (κ2) is 7.24. The first-order chi connectivity index (χ1) is 9.58. The van der Waals surface area contributed by atoms with Gasteiger partial charge in [-0.15, -0.1) is 0 Å². The lowest BCUT2D eigenvalue weighted by Crippen LogP contribution is -2.03. The number of hydrogen-bond donors (Lipinski definition) is 2. The van der Waals surface area contributed by atoms with Gasteiger partial charge < -0.3 is 14.4 Å². The Bertz CT molecular complexity index is 605. The molecule has 0 amide bonds. The number of hydrogen-bond acceptors (Lipinski definition) is 3. The van der Waals surface area contributed by atoms with Crippen LogP contribution in [-0.4, -0.2) is 29.0 Å². The summed E-state index contributed by atoms with van der Waals surface area (Å²) in [4.78, 5) is 11.0. The molecule has 0 saturated heterocycles. The van der Waals surface area contributed by atoms with Crippen molar-refractivity contribution in [2.45, 2.75) is 26.8 Å². The molecular formula is C15H21NO3S. The molecule has 0 spiro atoms. The van der Waals surface area contributed by atoms with Gasteiger partial charge in [0.2, 0.25) is 0 Å². The van der Waals surface area contributed by atoms with E-state index in [0.29, 0.717) is 0 Å². The number of aromatic nitrogens is 1. The topological polar surface area (TPSA) is 51.5 Å². The lowest BCUT2D eigenvalue weighted by Gasteiger charge is -2.04. The Hall–Kier alpha value is -1.62. The summed E-state index contributed by atoms with van der Waals surface area (Å²) < 4.78 is 7.34. The minimum Gasteiger partial charge on any atom is -0.497 e. The normalized spacial score (nSPS) is 10.1. The summed E-state index contributed by atoms with van der Waals surface area (Å²) in [5.74, 6) is -0.0570. The van der Waals surface area contributed by atoms with E-state index in [1.165, 1.54) is 0 Å². The summed E-state index contributed by atoms with van der Waals surface area (Å²) >= 11 is 3.53. The molecule has 0 unspecified atom stereocenters. The van der Waals surface area contributed by atoms with Crippen molar-refractivity contribution in [3.63, 3.8) is 0 Å². The molecular weight excluding hydrogens is 274 g/mol. The molecule has 1 aromatic carbocycles. The molecule has 5 heteroatoms. The first-order valence-corrected chi connectivity index (χ1v) is 7.30. The lowest BCUT2D eigenvalue weighted by molar-refractivity contribution is -0.136. The molecule has 0 saturated carbocycles. The highest BCUT2D eigenvalue weighted by Gasteiger charge is 2.16. The van der Waals surface area contributed by atoms with Gasteiger partial charge in [-0.05, 0) is 43.9 Å². The smallest absolute Gasteiger partial charge is 0.307 e. The molecule has 2 rings (SSSR count). The third-order valence-corrected chi connectivity index (χ3v) is 3.31. The minimum absolute atomic E-state index is 0.0441. The van der Waals surface area contributed by atoms with Crippen molar-refractivity contribution in [2.75, 3.05) is 13.4 Å². The largest absolute Gasteiger partial charge is 0.497 e. The zero-order chi connectivity index (χ0) is 15.3. The third-order valence-electron chi connectivity index (χ3n) is 3.31. The number of rotatable bonds is 4. The van der Waals surface area contributed by atoms with E-state index in [0.717, 1.165) is 34.5 Å². The molecule has 20 heavy (non-hydrogen) atoms. The van der Waals surface area contributed by atoms with E-state index in [-0.39, 0.29) is 6.42 Å². The predicted octanol–water partition coefficient (Wildman–Crippen LogP) is 3.15. The summed E-state index contributed by atoms with van der Waals surface area (Å²) in [5, 5.41) is 9.99. The molecule has 110 valence electrons. The second-order valence-corrected chi connectivity index (χ2v) is 4.26. The van der Waals surface area contributed by atoms with E-state index in [4.69, 9.17) is 9.84 Å². The molecule has 1 heterocycles. The maximum atomic E-state index is 11.0. The predicted molar refractivity (Wildman–Crippen MR) is 85.2 cm³/mol. The fraction of sp³-hybridized carbons (Fsp3) is 0.400. The van der Waals surface area contributed by atoms with Crippen LogP contribution >= 0.6 is 12.6 Å². The number of fused-ring (bicyclic) bond motifs is 1. The summed E-state index contributed by atoms with van der Waals surface area (Å²) in [6.07, 6.45) is 1.74. The van der Waals surface area contributed by atoms with Gasteiger partial charge in [0.25, 0.3) is 0 Å². The zero-order valence-corrected chi connectivity index (χ0v) is 13.2. The second-order valence-electron chi connectivity index (χ2n) is 4.26. The van der Waals surface area contributed by atoms with Gasteiger partial charge in [-0.2, -0.15) is 12.6 Å². The molecule has 4 nitrogen and oxygen atoms in total. The number of aliphatic carboxylic acids is 1. The molecule has 1 N–H and O–H groups in total. The van der Waals surface area contributed by atoms with Gasteiger partial charge in [-0.3, -0.25) is 4.79 Å². The zero-order valence-electron chi connectivity index (χ0n) is 12.3. The number of thiol groups is 1. The lowest BCUT2D eigenvalue weighted by atomic mass is 10.1. The summed E-state index contributed by atoms with van der Waals surface area (Å²) in [6.45, 7) is 4.85. The molecule has 2 aromatic rings. The maximum Gasteiger partial charge on any atom is 0.307 e. The average molecular weight is 295 g/mol. The number of nitrogens with zero attached hydrogens (tertiary/aromatic N) is 1. The van der Waals surface area contributed by atoms with Gasteiger partial charge in [0, 0.05) is 23.1 Å². The molecule has 0 aliphatic heterocycles. The van der Waals surface area contributed by atoms with Crippen molar-refractivity contribution in [1.82, 2.24) is 4.57 Å². The Balaban J connectivity index is 0.000000956. The number of carboxylic acid groups (broad SMARTS) is 1. The van der Waals surface area contributed by atoms with Crippen molar-refractivity contribution in [3.8, 4) is 5.75 Å². The van der Waals surface area contributed by atoms with Gasteiger partial charge in [-0.25, -0.2) is 0 Å². The van der Waals surface area contributed by atoms with Crippen LogP contribution in [0.2, 0.25) is 0 Å². The number of carbonyl (C=O) groups is 1. The molecule has 1 aromatic heterocycles. The van der Waals surface area contributed by atoms with E-state index in [1.807, 2.05) is 25.1 Å². The first kappa shape index (κ1) is 16.4. The van der Waals surface area contributed by atoms with Crippen molar-refractivity contribution in [3.05, 3.63) is 29.5 Å². The van der Waals surface area contributed by atoms with Crippen LogP contribution in [0.4, 0.5) is 0 Å². The Labute approximate surface area is 124 Å². The fourth-order valence-corrected chi connectivity index (χ4v) is 2.44. The van der Waals surface area contributed by atoms with Crippen molar-refractivity contribution in [1.29, 1.82) is 0 Å². The number of benzene rings is 1. The van der Waals surface area contributed by atoms with Crippen LogP contribution in [0.25, 0.3) is 10.9 Å². The minimum atomic E-state index is -0.809. The van der Waals surface area contributed by atoms with Crippen LogP contribution in [0, 0.1) is 6.92 Å². The Morgan fingerprint density at radius 2 is 2.05 bits per heavy atom. The Morgan fingerprint density at radius 3 is 2.55 bits per heavy atom. The van der Waals surface area contributed by atoms with Crippen molar-refractivity contribution in [2.24, 2.45) is 0 Å². The highest BCUT2D eigenvalue weighted by Crippen LogP contribution is 2.29. The van der Waals surface area contributed by atoms with E-state index in [2.05, 4.69) is 24.1 Å². The SMILES string of the molecule is CCn1c(C)c(CC(=O)O)c2cc(OC)ccc21.CS. The van der Waals surface area contributed by atoms with Gasteiger partial charge in [0.15, 0.2) is 0 Å². The highest BCUT2D eigenvalue weighted by atomic mass is 32.1. The van der Waals surface area contributed by atoms with E-state index >= 15 is 0 Å². The van der Waals surface area contributed by atoms with Gasteiger partial charge >= 0.3 is 5.97 Å². The van der Waals surface area contributed by atoms with Crippen molar-refractivity contribution < 1.29 is 14.6 Å². The van der Waals surface area contributed by atoms with Crippen LogP contribution in [0.15, 0.2) is 18.2 Å². The molecule has 0 aliphatic rings. The molecule has 0 atom stereocenters. The highest BCUT2D eigenvalue weighted by molar-refractivity contribution is 7.79. The third kappa shape index (κ3) is 3.10. The summed E-state index contributed by atoms with van der Waals surface area (Å²) in [7, 11) is 1.61. The van der Waals surface area contributed by atoms with Gasteiger partial charge in [-0.1, -0.05) is 0 Å². The number of carboxylic acids is 1. The van der Waals surface area contributed by atoms with Crippen LogP contribution in [-0.2, 0) is 17.8 Å². The molecule has 0 aliphatic carbocycles. The Morgan fingerprint density at radius 1 is 1.40 bits per heavy atom. The molecule has 0 fully saturated rings. The van der Waals surface area contributed by atoms with Gasteiger partial charge in [0.05, 0.1) is 13.5 Å². The number of methoxy groups -OCH3 is 1. The van der Waals surface area contributed by atoms with E-state index in [1.54, 1.807) is 13.4 Å². The Kier molecular flexibility index (Phi) is 5.95.